The predicted octanol–water partition coefficient (Wildman–Crippen LogP) is 1.09. The summed E-state index contributed by atoms with van der Waals surface area (Å²) < 4.78 is 6.27. The maximum atomic E-state index is 11.3. The Kier molecular flexibility index (Phi) is 3.57. The molecule has 0 spiro atoms. The van der Waals surface area contributed by atoms with E-state index in [9.17, 15) is 4.79 Å². The molecule has 18 heavy (non-hydrogen) atoms. The van der Waals surface area contributed by atoms with Crippen molar-refractivity contribution < 1.29 is 9.53 Å². The van der Waals surface area contributed by atoms with E-state index in [2.05, 4.69) is 10.1 Å². The number of aromatic nitrogens is 3. The molecule has 0 saturated carbocycles. The molecule has 0 saturated heterocycles. The van der Waals surface area contributed by atoms with Crippen LogP contribution in [-0.4, -0.2) is 27.3 Å². The summed E-state index contributed by atoms with van der Waals surface area (Å²) in [4.78, 5) is 15.4. The van der Waals surface area contributed by atoms with E-state index in [1.165, 1.54) is 11.0 Å². The molecule has 94 valence electrons. The lowest BCUT2D eigenvalue weighted by Crippen LogP contribution is -2.13. The van der Waals surface area contributed by atoms with Crippen LogP contribution in [-0.2, 0) is 16.1 Å². The fourth-order valence-corrected chi connectivity index (χ4v) is 1.52. The third kappa shape index (κ3) is 2.85. The number of nitrogens with zero attached hydrogens (tertiary/aromatic N) is 3. The third-order valence-electron chi connectivity index (χ3n) is 2.28. The van der Waals surface area contributed by atoms with Gasteiger partial charge in [-0.1, -0.05) is 12.1 Å². The van der Waals surface area contributed by atoms with Crippen LogP contribution < -0.4 is 5.73 Å². The summed E-state index contributed by atoms with van der Waals surface area (Å²) in [7, 11) is 0. The van der Waals surface area contributed by atoms with Crippen LogP contribution >= 0.6 is 0 Å². The van der Waals surface area contributed by atoms with Crippen molar-refractivity contribution in [2.24, 2.45) is 0 Å². The summed E-state index contributed by atoms with van der Waals surface area (Å²) in [5.74, 6) is 0.202. The summed E-state index contributed by atoms with van der Waals surface area (Å²) >= 11 is 0. The van der Waals surface area contributed by atoms with Gasteiger partial charge in [0.1, 0.15) is 12.9 Å². The smallest absolute Gasteiger partial charge is 0.327 e. The molecule has 1 aromatic carbocycles. The molecule has 0 aliphatic heterocycles. The molecule has 2 aromatic rings. The van der Waals surface area contributed by atoms with Gasteiger partial charge in [-0.05, 0) is 19.1 Å². The average molecular weight is 246 g/mol. The standard InChI is InChI=1S/C12H14N4O2/c1-2-18-11(17)7-16-8-14-12(15-16)9-4-3-5-10(13)6-9/h3-6,8H,2,7,13H2,1H3. The molecule has 2 rings (SSSR count). The van der Waals surface area contributed by atoms with Gasteiger partial charge in [0.25, 0.3) is 0 Å². The number of anilines is 1. The van der Waals surface area contributed by atoms with E-state index in [-0.39, 0.29) is 12.5 Å². The molecular formula is C12H14N4O2. The lowest BCUT2D eigenvalue weighted by molar-refractivity contribution is -0.144. The van der Waals surface area contributed by atoms with Gasteiger partial charge in [-0.15, -0.1) is 0 Å². The summed E-state index contributed by atoms with van der Waals surface area (Å²) in [6.45, 7) is 2.18. The van der Waals surface area contributed by atoms with Crippen LogP contribution in [0.1, 0.15) is 6.92 Å². The van der Waals surface area contributed by atoms with Crippen molar-refractivity contribution in [1.29, 1.82) is 0 Å². The number of carbonyl (C=O) groups excluding carboxylic acids is 1. The Hall–Kier alpha value is -2.37. The highest BCUT2D eigenvalue weighted by atomic mass is 16.5. The molecule has 0 radical (unpaired) electrons. The molecule has 1 aromatic heterocycles. The lowest BCUT2D eigenvalue weighted by atomic mass is 10.2. The van der Waals surface area contributed by atoms with E-state index in [1.807, 2.05) is 12.1 Å². The second-order valence-corrected chi connectivity index (χ2v) is 3.70. The first kappa shape index (κ1) is 12.1. The number of rotatable bonds is 4. The van der Waals surface area contributed by atoms with E-state index in [0.29, 0.717) is 18.1 Å². The summed E-state index contributed by atoms with van der Waals surface area (Å²) in [6.07, 6.45) is 1.50. The highest BCUT2D eigenvalue weighted by Gasteiger charge is 2.08. The Balaban J connectivity index is 2.13. The molecule has 2 N–H and O–H groups in total. The first-order chi connectivity index (χ1) is 8.69. The summed E-state index contributed by atoms with van der Waals surface area (Å²) in [6, 6.07) is 7.26. The minimum atomic E-state index is -0.332. The Morgan fingerprint density at radius 3 is 3.06 bits per heavy atom. The third-order valence-corrected chi connectivity index (χ3v) is 2.28. The van der Waals surface area contributed by atoms with Gasteiger partial charge in [0, 0.05) is 11.3 Å². The second-order valence-electron chi connectivity index (χ2n) is 3.70. The van der Waals surface area contributed by atoms with Crippen LogP contribution in [0, 0.1) is 0 Å². The van der Waals surface area contributed by atoms with Crippen molar-refractivity contribution in [1.82, 2.24) is 14.8 Å². The molecule has 0 fully saturated rings. The zero-order chi connectivity index (χ0) is 13.0. The zero-order valence-corrected chi connectivity index (χ0v) is 10.0. The molecule has 0 amide bonds. The first-order valence-corrected chi connectivity index (χ1v) is 5.60. The maximum Gasteiger partial charge on any atom is 0.327 e. The van der Waals surface area contributed by atoms with Crippen molar-refractivity contribution in [2.45, 2.75) is 13.5 Å². The predicted molar refractivity (Wildman–Crippen MR) is 66.5 cm³/mol. The molecule has 6 heteroatoms. The van der Waals surface area contributed by atoms with Gasteiger partial charge in [0.2, 0.25) is 0 Å². The summed E-state index contributed by atoms with van der Waals surface area (Å²) in [5, 5.41) is 4.19. The van der Waals surface area contributed by atoms with Crippen molar-refractivity contribution in [3.05, 3.63) is 30.6 Å². The first-order valence-electron chi connectivity index (χ1n) is 5.60. The zero-order valence-electron chi connectivity index (χ0n) is 10.0. The molecule has 0 unspecified atom stereocenters. The summed E-state index contributed by atoms with van der Waals surface area (Å²) in [5.41, 5.74) is 7.15. The number of esters is 1. The number of carbonyl (C=O) groups is 1. The highest BCUT2D eigenvalue weighted by Crippen LogP contribution is 2.16. The van der Waals surface area contributed by atoms with E-state index >= 15 is 0 Å². The van der Waals surface area contributed by atoms with Crippen LogP contribution in [0.4, 0.5) is 5.69 Å². The highest BCUT2D eigenvalue weighted by molar-refractivity contribution is 5.69. The Labute approximate surface area is 104 Å². The van der Waals surface area contributed by atoms with E-state index in [1.54, 1.807) is 19.1 Å². The van der Waals surface area contributed by atoms with Gasteiger partial charge in [0.05, 0.1) is 6.61 Å². The average Bonchev–Trinajstić information content (AvgIpc) is 2.78. The normalized spacial score (nSPS) is 10.3. The SMILES string of the molecule is CCOC(=O)Cn1cnc(-c2cccc(N)c2)n1. The Morgan fingerprint density at radius 1 is 1.50 bits per heavy atom. The van der Waals surface area contributed by atoms with E-state index in [0.717, 1.165) is 5.56 Å². The van der Waals surface area contributed by atoms with Crippen LogP contribution in [0.25, 0.3) is 11.4 Å². The van der Waals surface area contributed by atoms with Crippen LogP contribution in [0.5, 0.6) is 0 Å². The molecule has 6 nitrogen and oxygen atoms in total. The van der Waals surface area contributed by atoms with Crippen molar-refractivity contribution in [3.63, 3.8) is 0 Å². The van der Waals surface area contributed by atoms with Gasteiger partial charge in [-0.25, -0.2) is 9.67 Å². The molecule has 0 aliphatic carbocycles. The van der Waals surface area contributed by atoms with Gasteiger partial charge < -0.3 is 10.5 Å². The Bertz CT molecular complexity index is 551. The fourth-order valence-electron chi connectivity index (χ4n) is 1.52. The van der Waals surface area contributed by atoms with Gasteiger partial charge >= 0.3 is 5.97 Å². The van der Waals surface area contributed by atoms with Crippen LogP contribution in [0.2, 0.25) is 0 Å². The molecule has 1 heterocycles. The largest absolute Gasteiger partial charge is 0.465 e. The van der Waals surface area contributed by atoms with Crippen molar-refractivity contribution in [3.8, 4) is 11.4 Å². The minimum absolute atomic E-state index is 0.0587. The molecule has 0 aliphatic rings. The Morgan fingerprint density at radius 2 is 2.33 bits per heavy atom. The van der Waals surface area contributed by atoms with Gasteiger partial charge in [-0.2, -0.15) is 5.10 Å². The maximum absolute atomic E-state index is 11.3. The van der Waals surface area contributed by atoms with Crippen molar-refractivity contribution in [2.75, 3.05) is 12.3 Å². The number of benzene rings is 1. The van der Waals surface area contributed by atoms with Crippen LogP contribution in [0.15, 0.2) is 30.6 Å². The second kappa shape index (κ2) is 5.31. The number of hydrogen-bond donors (Lipinski definition) is 1. The van der Waals surface area contributed by atoms with Gasteiger partial charge in [0.15, 0.2) is 5.82 Å². The van der Waals surface area contributed by atoms with E-state index in [4.69, 9.17) is 10.5 Å². The number of nitrogens with two attached hydrogens (primary N) is 1. The molecular weight excluding hydrogens is 232 g/mol. The quantitative estimate of drug-likeness (QED) is 0.645. The van der Waals surface area contributed by atoms with E-state index < -0.39 is 0 Å². The van der Waals surface area contributed by atoms with Crippen LogP contribution in [0.3, 0.4) is 0 Å². The van der Waals surface area contributed by atoms with Gasteiger partial charge in [-0.3, -0.25) is 4.79 Å². The minimum Gasteiger partial charge on any atom is -0.465 e. The van der Waals surface area contributed by atoms with Crippen molar-refractivity contribution >= 4 is 11.7 Å². The monoisotopic (exact) mass is 246 g/mol. The number of hydrogen-bond acceptors (Lipinski definition) is 5. The molecule has 0 atom stereocenters. The number of nitrogen functional groups attached to an aromatic ring is 1. The topological polar surface area (TPSA) is 83.0 Å². The number of ether oxygens (including phenoxy) is 1. The lowest BCUT2D eigenvalue weighted by Gasteiger charge is -2.00. The fraction of sp³-hybridized carbons (Fsp3) is 0.250. The molecule has 0 bridgehead atoms.